The maximum absolute atomic E-state index is 12.6. The zero-order valence-electron chi connectivity index (χ0n) is 16.9. The number of imide groups is 1. The van der Waals surface area contributed by atoms with Crippen LogP contribution in [0.4, 0.5) is 10.5 Å². The van der Waals surface area contributed by atoms with Crippen molar-refractivity contribution >= 4 is 35.6 Å². The Bertz CT molecular complexity index is 810. The number of hydrogen-bond acceptors (Lipinski definition) is 6. The molecule has 2 atom stereocenters. The van der Waals surface area contributed by atoms with Crippen LogP contribution < -0.4 is 4.90 Å². The van der Waals surface area contributed by atoms with Gasteiger partial charge in [-0.05, 0) is 31.2 Å². The maximum atomic E-state index is 12.6. The van der Waals surface area contributed by atoms with Crippen molar-refractivity contribution in [3.63, 3.8) is 0 Å². The molecular formula is C20H27ClN6O2. The summed E-state index contributed by atoms with van der Waals surface area (Å²) in [5.74, 6) is -0.175. The summed E-state index contributed by atoms with van der Waals surface area (Å²) in [5, 5.41) is 0.769. The van der Waals surface area contributed by atoms with Crippen molar-refractivity contribution in [3.8, 4) is 0 Å². The fourth-order valence-corrected chi connectivity index (χ4v) is 4.46. The molecule has 1 aromatic carbocycles. The normalized spacial score (nSPS) is 25.2. The minimum atomic E-state index is -0.410. The number of rotatable bonds is 5. The molecule has 0 bridgehead atoms. The summed E-state index contributed by atoms with van der Waals surface area (Å²) in [6.07, 6.45) is 2.27. The molecule has 2 saturated heterocycles. The Morgan fingerprint density at radius 1 is 1.10 bits per heavy atom. The average molecular weight is 419 g/mol. The van der Waals surface area contributed by atoms with Gasteiger partial charge in [0.15, 0.2) is 12.2 Å². The van der Waals surface area contributed by atoms with Gasteiger partial charge < -0.3 is 14.7 Å². The van der Waals surface area contributed by atoms with Crippen LogP contribution in [0.3, 0.4) is 0 Å². The van der Waals surface area contributed by atoms with Gasteiger partial charge in [0.1, 0.15) is 0 Å². The van der Waals surface area contributed by atoms with Crippen LogP contribution in [0.2, 0.25) is 5.02 Å². The number of halogens is 1. The number of anilines is 1. The highest BCUT2D eigenvalue weighted by molar-refractivity contribution is 6.30. The highest BCUT2D eigenvalue weighted by atomic mass is 35.5. The highest BCUT2D eigenvalue weighted by Gasteiger charge is 2.48. The number of benzene rings is 1. The molecule has 2 fully saturated rings. The first-order chi connectivity index (χ1) is 14.0. The van der Waals surface area contributed by atoms with E-state index in [1.807, 2.05) is 23.1 Å². The predicted molar refractivity (Wildman–Crippen MR) is 113 cm³/mol. The van der Waals surface area contributed by atoms with Crippen molar-refractivity contribution in [2.45, 2.75) is 18.6 Å². The second kappa shape index (κ2) is 8.20. The van der Waals surface area contributed by atoms with Crippen molar-refractivity contribution in [1.29, 1.82) is 0 Å². The summed E-state index contributed by atoms with van der Waals surface area (Å²) < 4.78 is 0. The third-order valence-electron chi connectivity index (χ3n) is 6.01. The molecule has 9 heteroatoms. The van der Waals surface area contributed by atoms with Gasteiger partial charge in [-0.15, -0.1) is 0 Å². The van der Waals surface area contributed by atoms with Crippen LogP contribution in [-0.4, -0.2) is 103 Å². The SMILES string of the molecule is CN1C(=O)C2C(N=CN2CCCN2CCN(c3cccc(Cl)c3)CC2)N(C)C1=O. The molecule has 0 aliphatic carbocycles. The summed E-state index contributed by atoms with van der Waals surface area (Å²) in [6.45, 7) is 5.70. The first kappa shape index (κ1) is 20.0. The van der Waals surface area contributed by atoms with Crippen molar-refractivity contribution in [2.24, 2.45) is 4.99 Å². The molecule has 2 unspecified atom stereocenters. The Labute approximate surface area is 176 Å². The van der Waals surface area contributed by atoms with Crippen LogP contribution in [0.1, 0.15) is 6.42 Å². The van der Waals surface area contributed by atoms with Gasteiger partial charge in [-0.2, -0.15) is 0 Å². The Morgan fingerprint density at radius 2 is 1.86 bits per heavy atom. The topological polar surface area (TPSA) is 62.7 Å². The minimum Gasteiger partial charge on any atom is -0.369 e. The van der Waals surface area contributed by atoms with Crippen LogP contribution in [0.15, 0.2) is 29.3 Å². The van der Waals surface area contributed by atoms with Gasteiger partial charge in [-0.25, -0.2) is 9.79 Å². The number of aliphatic imine (C=N–C) groups is 1. The van der Waals surface area contributed by atoms with Gasteiger partial charge in [-0.1, -0.05) is 17.7 Å². The summed E-state index contributed by atoms with van der Waals surface area (Å²) >= 11 is 6.11. The highest BCUT2D eigenvalue weighted by Crippen LogP contribution is 2.25. The van der Waals surface area contributed by atoms with E-state index in [2.05, 4.69) is 20.9 Å². The lowest BCUT2D eigenvalue weighted by atomic mass is 10.1. The Balaban J connectivity index is 1.25. The molecule has 156 valence electrons. The van der Waals surface area contributed by atoms with E-state index in [0.717, 1.165) is 50.7 Å². The fourth-order valence-electron chi connectivity index (χ4n) is 4.28. The molecule has 0 N–H and O–H groups in total. The number of hydrogen-bond donors (Lipinski definition) is 0. The Kier molecular flexibility index (Phi) is 5.65. The quantitative estimate of drug-likeness (QED) is 0.723. The van der Waals surface area contributed by atoms with E-state index in [0.29, 0.717) is 0 Å². The van der Waals surface area contributed by atoms with E-state index in [4.69, 9.17) is 11.6 Å². The van der Waals surface area contributed by atoms with Gasteiger partial charge in [0.05, 0.1) is 6.34 Å². The number of fused-ring (bicyclic) bond motifs is 1. The lowest BCUT2D eigenvalue weighted by Crippen LogP contribution is -2.63. The van der Waals surface area contributed by atoms with Crippen LogP contribution in [0.5, 0.6) is 0 Å². The van der Waals surface area contributed by atoms with Crippen molar-refractivity contribution in [2.75, 3.05) is 58.3 Å². The second-order valence-corrected chi connectivity index (χ2v) is 8.25. The Hall–Kier alpha value is -2.32. The number of piperazine rings is 1. The molecule has 0 aromatic heterocycles. The molecule has 29 heavy (non-hydrogen) atoms. The van der Waals surface area contributed by atoms with Crippen molar-refractivity contribution in [1.82, 2.24) is 19.6 Å². The van der Waals surface area contributed by atoms with Gasteiger partial charge in [-0.3, -0.25) is 14.6 Å². The number of nitrogens with zero attached hydrogens (tertiary/aromatic N) is 6. The zero-order valence-corrected chi connectivity index (χ0v) is 17.6. The smallest absolute Gasteiger partial charge is 0.328 e. The first-order valence-corrected chi connectivity index (χ1v) is 10.4. The lowest BCUT2D eigenvalue weighted by Gasteiger charge is -2.40. The molecule has 8 nitrogen and oxygen atoms in total. The minimum absolute atomic E-state index is 0.175. The van der Waals surface area contributed by atoms with E-state index in [9.17, 15) is 9.59 Å². The van der Waals surface area contributed by atoms with Crippen molar-refractivity contribution < 1.29 is 9.59 Å². The number of carbonyl (C=O) groups is 2. The molecular weight excluding hydrogens is 392 g/mol. The Morgan fingerprint density at radius 3 is 2.59 bits per heavy atom. The zero-order chi connectivity index (χ0) is 20.5. The van der Waals surface area contributed by atoms with E-state index in [1.54, 1.807) is 13.4 Å². The molecule has 4 rings (SSSR count). The van der Waals surface area contributed by atoms with Gasteiger partial charge in [0.25, 0.3) is 5.91 Å². The van der Waals surface area contributed by atoms with Crippen LogP contribution in [0, 0.1) is 0 Å². The van der Waals surface area contributed by atoms with Crippen LogP contribution in [-0.2, 0) is 4.79 Å². The molecule has 3 aliphatic heterocycles. The van der Waals surface area contributed by atoms with E-state index < -0.39 is 12.2 Å². The summed E-state index contributed by atoms with van der Waals surface area (Å²) in [7, 11) is 3.23. The average Bonchev–Trinajstić information content (AvgIpc) is 3.15. The maximum Gasteiger partial charge on any atom is 0.328 e. The largest absolute Gasteiger partial charge is 0.369 e. The summed E-state index contributed by atoms with van der Waals surface area (Å²) in [4.78, 5) is 38.6. The number of urea groups is 1. The van der Waals surface area contributed by atoms with Crippen LogP contribution in [0.25, 0.3) is 0 Å². The van der Waals surface area contributed by atoms with E-state index in [1.165, 1.54) is 22.5 Å². The molecule has 1 aromatic rings. The van der Waals surface area contributed by atoms with Gasteiger partial charge in [0.2, 0.25) is 0 Å². The van der Waals surface area contributed by atoms with Gasteiger partial charge in [0, 0.05) is 57.5 Å². The lowest BCUT2D eigenvalue weighted by molar-refractivity contribution is -0.136. The van der Waals surface area contributed by atoms with Crippen LogP contribution >= 0.6 is 11.6 Å². The standard InChI is InChI=1S/C20H27ClN6O2/c1-23-18-17(19(28)24(2)20(23)29)27(14-22-18)8-4-7-25-9-11-26(12-10-25)16-6-3-5-15(21)13-16/h3,5-6,13-14,17-18H,4,7-12H2,1-2H3. The fraction of sp³-hybridized carbons (Fsp3) is 0.550. The molecule has 0 radical (unpaired) electrons. The van der Waals surface area contributed by atoms with E-state index >= 15 is 0 Å². The predicted octanol–water partition coefficient (Wildman–Crippen LogP) is 1.41. The summed E-state index contributed by atoms with van der Waals surface area (Å²) in [5.41, 5.74) is 1.18. The molecule has 0 spiro atoms. The molecule has 0 saturated carbocycles. The molecule has 3 aliphatic rings. The first-order valence-electron chi connectivity index (χ1n) is 10.0. The van der Waals surface area contributed by atoms with Crippen molar-refractivity contribution in [3.05, 3.63) is 29.3 Å². The second-order valence-electron chi connectivity index (χ2n) is 7.81. The number of carbonyl (C=O) groups excluding carboxylic acids is 2. The molecule has 3 amide bonds. The third kappa shape index (κ3) is 3.91. The molecule has 3 heterocycles. The van der Waals surface area contributed by atoms with Gasteiger partial charge >= 0.3 is 6.03 Å². The third-order valence-corrected chi connectivity index (χ3v) is 6.25. The summed E-state index contributed by atoms with van der Waals surface area (Å²) in [6, 6.07) is 7.31. The number of likely N-dealkylation sites (N-methyl/N-ethyl adjacent to an activating group) is 2. The number of amides is 3. The van der Waals surface area contributed by atoms with E-state index in [-0.39, 0.29) is 11.9 Å². The monoisotopic (exact) mass is 418 g/mol.